The van der Waals surface area contributed by atoms with Crippen LogP contribution >= 0.6 is 11.6 Å². The number of ether oxygens (including phenoxy) is 3. The zero-order valence-corrected chi connectivity index (χ0v) is 26.1. The van der Waals surface area contributed by atoms with E-state index >= 15 is 0 Å². The van der Waals surface area contributed by atoms with Gasteiger partial charge in [-0.2, -0.15) is 0 Å². The average molecular weight is 618 g/mol. The summed E-state index contributed by atoms with van der Waals surface area (Å²) in [5, 5.41) is 0.597. The molecule has 1 unspecified atom stereocenters. The summed E-state index contributed by atoms with van der Waals surface area (Å²) in [7, 11) is -2.53. The summed E-state index contributed by atoms with van der Waals surface area (Å²) in [6, 6.07) is 5.10. The van der Waals surface area contributed by atoms with Crippen molar-refractivity contribution in [3.8, 4) is 0 Å². The minimum Gasteiger partial charge on any atom is -0.467 e. The number of hydrogen-bond donors (Lipinski definition) is 2. The van der Waals surface area contributed by atoms with Gasteiger partial charge in [0.05, 0.1) is 26.1 Å². The number of rotatable bonds is 15. The van der Waals surface area contributed by atoms with E-state index in [1.54, 1.807) is 32.9 Å². The van der Waals surface area contributed by atoms with E-state index < -0.39 is 45.7 Å². The van der Waals surface area contributed by atoms with Crippen LogP contribution in [0.15, 0.2) is 24.3 Å². The fourth-order valence-electron chi connectivity index (χ4n) is 4.79. The number of sulfonamides is 1. The maximum Gasteiger partial charge on any atom is 0.328 e. The normalized spacial score (nSPS) is 19.0. The van der Waals surface area contributed by atoms with Crippen molar-refractivity contribution in [3.05, 3.63) is 34.9 Å². The molecular formula is C28H44ClN3O8S. The van der Waals surface area contributed by atoms with Gasteiger partial charge in [0.2, 0.25) is 15.9 Å². The highest BCUT2D eigenvalue weighted by Gasteiger charge is 2.43. The molecule has 0 spiro atoms. The first-order valence-corrected chi connectivity index (χ1v) is 16.0. The SMILES string of the molecule is COC(=O)[C@@H]1C[C@@H](OCc2ccc(Cl)cc2)CN1C(=O)[C@@H](CCC(CCN)CCC(=O)OC(C)(C)C)NS(C)(=O)=O. The number of likely N-dealkylation sites (tertiary alicyclic amines) is 1. The second-order valence-electron chi connectivity index (χ2n) is 11.4. The van der Waals surface area contributed by atoms with Crippen molar-refractivity contribution in [2.45, 2.75) is 89.7 Å². The molecule has 1 aliphatic heterocycles. The predicted octanol–water partition coefficient (Wildman–Crippen LogP) is 2.78. The van der Waals surface area contributed by atoms with Gasteiger partial charge in [-0.3, -0.25) is 9.59 Å². The van der Waals surface area contributed by atoms with Gasteiger partial charge in [0.15, 0.2) is 0 Å². The topological polar surface area (TPSA) is 154 Å². The van der Waals surface area contributed by atoms with Crippen molar-refractivity contribution in [3.63, 3.8) is 0 Å². The summed E-state index contributed by atoms with van der Waals surface area (Å²) in [5.41, 5.74) is 6.07. The van der Waals surface area contributed by atoms with Crippen LogP contribution in [0, 0.1) is 5.92 Å². The molecule has 41 heavy (non-hydrogen) atoms. The maximum atomic E-state index is 13.7. The van der Waals surface area contributed by atoms with E-state index in [0.29, 0.717) is 30.8 Å². The van der Waals surface area contributed by atoms with E-state index in [9.17, 15) is 22.8 Å². The van der Waals surface area contributed by atoms with Crippen molar-refractivity contribution in [1.29, 1.82) is 0 Å². The lowest BCUT2D eigenvalue weighted by Gasteiger charge is -2.28. The number of nitrogens with zero attached hydrogens (tertiary/aromatic N) is 1. The molecule has 1 fully saturated rings. The van der Waals surface area contributed by atoms with Crippen LogP contribution in [0.5, 0.6) is 0 Å². The molecule has 11 nitrogen and oxygen atoms in total. The summed E-state index contributed by atoms with van der Waals surface area (Å²) >= 11 is 5.94. The molecular weight excluding hydrogens is 574 g/mol. The lowest BCUT2D eigenvalue weighted by molar-refractivity contribution is -0.155. The molecule has 13 heteroatoms. The van der Waals surface area contributed by atoms with Gasteiger partial charge < -0.3 is 24.8 Å². The molecule has 4 atom stereocenters. The van der Waals surface area contributed by atoms with Crippen LogP contribution in [-0.4, -0.2) is 81.4 Å². The number of nitrogens with two attached hydrogens (primary N) is 1. The molecule has 1 aromatic rings. The summed E-state index contributed by atoms with van der Waals surface area (Å²) in [6.45, 7) is 6.11. The van der Waals surface area contributed by atoms with E-state index in [0.717, 1.165) is 11.8 Å². The molecule has 1 amide bonds. The van der Waals surface area contributed by atoms with Crippen molar-refractivity contribution in [2.75, 3.05) is 26.5 Å². The highest BCUT2D eigenvalue weighted by Crippen LogP contribution is 2.26. The molecule has 0 bridgehead atoms. The Morgan fingerprint density at radius 3 is 2.34 bits per heavy atom. The van der Waals surface area contributed by atoms with Crippen LogP contribution < -0.4 is 10.5 Å². The number of halogens is 1. The Morgan fingerprint density at radius 1 is 1.12 bits per heavy atom. The van der Waals surface area contributed by atoms with Gasteiger partial charge >= 0.3 is 11.9 Å². The van der Waals surface area contributed by atoms with Gasteiger partial charge in [-0.15, -0.1) is 0 Å². The number of hydrogen-bond acceptors (Lipinski definition) is 9. The molecule has 1 heterocycles. The van der Waals surface area contributed by atoms with Gasteiger partial charge in [0.1, 0.15) is 17.7 Å². The first-order chi connectivity index (χ1) is 19.1. The van der Waals surface area contributed by atoms with Crippen molar-refractivity contribution in [1.82, 2.24) is 9.62 Å². The molecule has 0 radical (unpaired) electrons. The second kappa shape index (κ2) is 15.8. The number of methoxy groups -OCH3 is 1. The molecule has 3 N–H and O–H groups in total. The maximum absolute atomic E-state index is 13.7. The minimum absolute atomic E-state index is 0.0328. The number of benzene rings is 1. The smallest absolute Gasteiger partial charge is 0.328 e. The highest BCUT2D eigenvalue weighted by atomic mass is 35.5. The largest absolute Gasteiger partial charge is 0.467 e. The molecule has 1 aliphatic rings. The molecule has 2 rings (SSSR count). The van der Waals surface area contributed by atoms with Crippen molar-refractivity contribution in [2.24, 2.45) is 11.7 Å². The lowest BCUT2D eigenvalue weighted by atomic mass is 9.92. The van der Waals surface area contributed by atoms with Crippen LogP contribution in [0.2, 0.25) is 5.02 Å². The Kier molecular flexibility index (Phi) is 13.5. The average Bonchev–Trinajstić information content (AvgIpc) is 3.31. The van der Waals surface area contributed by atoms with Crippen LogP contribution in [0.4, 0.5) is 0 Å². The zero-order valence-electron chi connectivity index (χ0n) is 24.6. The van der Waals surface area contributed by atoms with Crippen molar-refractivity contribution < 1.29 is 37.0 Å². The molecule has 0 aliphatic carbocycles. The van der Waals surface area contributed by atoms with Crippen molar-refractivity contribution >= 4 is 39.5 Å². The van der Waals surface area contributed by atoms with Crippen LogP contribution in [0.25, 0.3) is 0 Å². The van der Waals surface area contributed by atoms with Crippen LogP contribution in [0.1, 0.15) is 64.9 Å². The second-order valence-corrected chi connectivity index (χ2v) is 13.6. The van der Waals surface area contributed by atoms with E-state index in [4.69, 9.17) is 31.5 Å². The van der Waals surface area contributed by atoms with E-state index in [2.05, 4.69) is 4.72 Å². The number of esters is 2. The van der Waals surface area contributed by atoms with Gasteiger partial charge in [-0.25, -0.2) is 17.9 Å². The summed E-state index contributed by atoms with van der Waals surface area (Å²) in [5.74, 6) is -1.51. The number of amides is 1. The molecule has 0 saturated carbocycles. The molecule has 0 aromatic heterocycles. The minimum atomic E-state index is -3.77. The lowest BCUT2D eigenvalue weighted by Crippen LogP contribution is -2.52. The number of carbonyl (C=O) groups is 3. The quantitative estimate of drug-likeness (QED) is 0.283. The van der Waals surface area contributed by atoms with E-state index in [1.807, 2.05) is 12.1 Å². The Labute approximate surface area is 248 Å². The third-order valence-electron chi connectivity index (χ3n) is 6.69. The summed E-state index contributed by atoms with van der Waals surface area (Å²) in [6.07, 6.45) is 2.59. The van der Waals surface area contributed by atoms with Gasteiger partial charge in [-0.05, 0) is 76.6 Å². The Hall–Kier alpha value is -2.25. The monoisotopic (exact) mass is 617 g/mol. The fraction of sp³-hybridized carbons (Fsp3) is 0.679. The van der Waals surface area contributed by atoms with Crippen LogP contribution in [-0.2, 0) is 45.2 Å². The Morgan fingerprint density at radius 2 is 1.78 bits per heavy atom. The van der Waals surface area contributed by atoms with E-state index in [1.165, 1.54) is 12.0 Å². The highest BCUT2D eigenvalue weighted by molar-refractivity contribution is 7.88. The third-order valence-corrected chi connectivity index (χ3v) is 7.65. The zero-order chi connectivity index (χ0) is 30.8. The first-order valence-electron chi connectivity index (χ1n) is 13.8. The standard InChI is InChI=1S/C28H44ClN3O8S/c1-28(2,3)40-25(33)13-9-19(14-15-30)8-12-23(31-41(5,36)37)26(34)32-17-22(16-24(32)27(35)38-4)39-18-20-6-10-21(29)11-7-20/h6-7,10-11,19,22-24,31H,8-9,12-18,30H2,1-5H3/t19?,22-,23-,24+/m1/s1. The number of carbonyl (C=O) groups excluding carboxylic acids is 3. The molecule has 1 saturated heterocycles. The van der Waals surface area contributed by atoms with Gasteiger partial charge in [-0.1, -0.05) is 23.7 Å². The summed E-state index contributed by atoms with van der Waals surface area (Å²) in [4.78, 5) is 39.9. The number of nitrogens with one attached hydrogen (secondary N) is 1. The summed E-state index contributed by atoms with van der Waals surface area (Å²) < 4.78 is 43.2. The predicted molar refractivity (Wildman–Crippen MR) is 155 cm³/mol. The van der Waals surface area contributed by atoms with Crippen LogP contribution in [0.3, 0.4) is 0 Å². The van der Waals surface area contributed by atoms with Gasteiger partial charge in [0, 0.05) is 24.4 Å². The molecule has 232 valence electrons. The molecule has 1 aromatic carbocycles. The first kappa shape index (κ1) is 34.9. The third kappa shape index (κ3) is 12.7. The Bertz CT molecular complexity index is 1120. The van der Waals surface area contributed by atoms with Gasteiger partial charge in [0.25, 0.3) is 0 Å². The fourth-order valence-corrected chi connectivity index (χ4v) is 5.65. The Balaban J connectivity index is 2.13. The van der Waals surface area contributed by atoms with E-state index in [-0.39, 0.29) is 44.3 Å².